The SMILES string of the molecule is CC/C=C\C/C=C\C/C=C\C/C=C\C/C=C\C/C=C\C/C=C\C/C=C\C/C=C\C/C=C\CCCCCCCCC(=O)OC(COC(=O)CCCCCCCCCCCCCCCCCCCCCCCCCCCCCCCCC)COC(OCC[N+](C)(C)C)C(=O)[O-]. The van der Waals surface area contributed by atoms with Crippen LogP contribution in [0.25, 0.3) is 0 Å². The zero-order chi connectivity index (χ0) is 67.5. The summed E-state index contributed by atoms with van der Waals surface area (Å²) in [6, 6.07) is 0. The minimum atomic E-state index is -1.63. The van der Waals surface area contributed by atoms with Crippen LogP contribution in [0.4, 0.5) is 0 Å². The predicted molar refractivity (Wildman–Crippen MR) is 398 cm³/mol. The lowest BCUT2D eigenvalue weighted by atomic mass is 10.0. The number of carboxylic acid groups (broad SMARTS) is 1. The minimum absolute atomic E-state index is 0.140. The van der Waals surface area contributed by atoms with Gasteiger partial charge in [0.2, 0.25) is 0 Å². The lowest BCUT2D eigenvalue weighted by Gasteiger charge is -2.26. The first-order valence-electron chi connectivity index (χ1n) is 38.7. The largest absolute Gasteiger partial charge is 0.545 e. The van der Waals surface area contributed by atoms with Crippen LogP contribution in [0.15, 0.2) is 122 Å². The second-order valence-corrected chi connectivity index (χ2v) is 26.9. The van der Waals surface area contributed by atoms with Crippen LogP contribution in [0.1, 0.15) is 335 Å². The molecule has 9 heteroatoms. The molecule has 0 aromatic rings. The molecule has 2 unspecified atom stereocenters. The fourth-order valence-electron chi connectivity index (χ4n) is 10.9. The third kappa shape index (κ3) is 74.9. The molecule has 0 bridgehead atoms. The van der Waals surface area contributed by atoms with Crippen molar-refractivity contribution < 1.29 is 42.9 Å². The first kappa shape index (κ1) is 88.7. The molecule has 0 aliphatic carbocycles. The van der Waals surface area contributed by atoms with Crippen molar-refractivity contribution in [2.24, 2.45) is 0 Å². The quantitative estimate of drug-likeness (QED) is 0.0195. The first-order chi connectivity index (χ1) is 45.6. The molecule has 0 aliphatic heterocycles. The van der Waals surface area contributed by atoms with Gasteiger partial charge >= 0.3 is 11.9 Å². The van der Waals surface area contributed by atoms with Gasteiger partial charge in [0.05, 0.1) is 40.3 Å². The minimum Gasteiger partial charge on any atom is -0.545 e. The van der Waals surface area contributed by atoms with Crippen molar-refractivity contribution in [3.05, 3.63) is 122 Å². The number of carboxylic acids is 1. The Hall–Kier alpha value is -4.31. The van der Waals surface area contributed by atoms with Crippen LogP contribution in [-0.4, -0.2) is 82.3 Å². The van der Waals surface area contributed by atoms with Gasteiger partial charge < -0.3 is 33.3 Å². The molecule has 0 fully saturated rings. The van der Waals surface area contributed by atoms with Crippen molar-refractivity contribution >= 4 is 17.9 Å². The smallest absolute Gasteiger partial charge is 0.306 e. The average molecular weight is 1300 g/mol. The van der Waals surface area contributed by atoms with Crippen LogP contribution in [0.2, 0.25) is 0 Å². The summed E-state index contributed by atoms with van der Waals surface area (Å²) >= 11 is 0. The Morgan fingerprint density at radius 1 is 0.333 bits per heavy atom. The molecule has 0 N–H and O–H groups in total. The summed E-state index contributed by atoms with van der Waals surface area (Å²) in [6.45, 7) is 4.65. The third-order valence-electron chi connectivity index (χ3n) is 16.7. The van der Waals surface area contributed by atoms with Crippen LogP contribution in [-0.2, 0) is 33.3 Å². The van der Waals surface area contributed by atoms with Gasteiger partial charge in [0.25, 0.3) is 0 Å². The van der Waals surface area contributed by atoms with Crippen molar-refractivity contribution in [2.75, 3.05) is 47.5 Å². The molecule has 0 rings (SSSR count). The van der Waals surface area contributed by atoms with E-state index in [9.17, 15) is 19.5 Å². The van der Waals surface area contributed by atoms with Crippen LogP contribution in [0.5, 0.6) is 0 Å². The molecule has 9 nitrogen and oxygen atoms in total. The zero-order valence-electron chi connectivity index (χ0n) is 61.1. The lowest BCUT2D eigenvalue weighted by Crippen LogP contribution is -2.44. The van der Waals surface area contributed by atoms with Gasteiger partial charge in [-0.05, 0) is 89.9 Å². The number of carbonyl (C=O) groups excluding carboxylic acids is 3. The van der Waals surface area contributed by atoms with E-state index < -0.39 is 24.3 Å². The Morgan fingerprint density at radius 2 is 0.613 bits per heavy atom. The van der Waals surface area contributed by atoms with Gasteiger partial charge in [-0.15, -0.1) is 0 Å². The summed E-state index contributed by atoms with van der Waals surface area (Å²) in [5, 5.41) is 11.9. The van der Waals surface area contributed by atoms with Gasteiger partial charge in [0, 0.05) is 12.8 Å². The molecule has 0 aromatic heterocycles. The standard InChI is InChI=1S/C84H145NO8/c1-6-8-10-12-14-16-18-20-22-24-26-28-30-32-34-36-38-39-40-41-42-43-45-47-49-51-53-55-57-59-61-63-65-67-69-71-73-75-82(87)93-80(79-92-84(83(88)89)90-77-76-85(3,4)5)78-91-81(86)74-72-70-68-66-64-62-60-58-56-54-52-50-48-46-44-37-35-33-31-29-27-25-23-21-19-17-15-13-11-9-7-2/h8,10,14,16,20,22,26,28,32,34,38-39,41-42,45,47,51,53,57,59,80,84H,6-7,9,11-13,15,17-19,21,23-25,27,29-31,33,35-37,40,43-44,46,48-50,52,54-56,58,60-79H2,1-5H3/b10-8-,16-14-,22-20-,28-26-,34-32-,39-38-,42-41-,47-45-,53-51-,59-57-. The molecule has 534 valence electrons. The molecule has 0 spiro atoms. The Bertz CT molecular complexity index is 1950. The molecule has 2 atom stereocenters. The van der Waals surface area contributed by atoms with E-state index in [4.69, 9.17) is 18.9 Å². The highest BCUT2D eigenvalue weighted by Gasteiger charge is 2.22. The number of esters is 2. The molecular formula is C84H145NO8. The fourth-order valence-corrected chi connectivity index (χ4v) is 10.9. The van der Waals surface area contributed by atoms with Crippen molar-refractivity contribution in [1.82, 2.24) is 0 Å². The molecule has 0 amide bonds. The maximum atomic E-state index is 13.0. The van der Waals surface area contributed by atoms with Crippen molar-refractivity contribution in [2.45, 2.75) is 347 Å². The van der Waals surface area contributed by atoms with Crippen LogP contribution in [0.3, 0.4) is 0 Å². The normalized spacial score (nSPS) is 13.3. The van der Waals surface area contributed by atoms with Crippen LogP contribution >= 0.6 is 0 Å². The Labute approximate surface area is 574 Å². The van der Waals surface area contributed by atoms with E-state index in [1.54, 1.807) is 0 Å². The van der Waals surface area contributed by atoms with Gasteiger partial charge in [-0.25, -0.2) is 0 Å². The number of aliphatic carboxylic acids is 1. The average Bonchev–Trinajstić information content (AvgIpc) is 3.73. The maximum absolute atomic E-state index is 13.0. The molecule has 0 heterocycles. The Kier molecular flexibility index (Phi) is 70.1. The summed E-state index contributed by atoms with van der Waals surface area (Å²) in [4.78, 5) is 37.6. The van der Waals surface area contributed by atoms with Crippen LogP contribution in [0, 0.1) is 0 Å². The third-order valence-corrected chi connectivity index (χ3v) is 16.7. The molecule has 0 saturated heterocycles. The van der Waals surface area contributed by atoms with E-state index in [1.807, 2.05) is 21.1 Å². The molecule has 0 radical (unpaired) electrons. The second kappa shape index (κ2) is 73.5. The number of unbranched alkanes of at least 4 members (excludes halogenated alkanes) is 36. The molecule has 93 heavy (non-hydrogen) atoms. The number of carbonyl (C=O) groups is 3. The fraction of sp³-hybridized carbons (Fsp3) is 0.726. The Balaban J connectivity index is 4.13. The van der Waals surface area contributed by atoms with Crippen molar-refractivity contribution in [1.29, 1.82) is 0 Å². The Morgan fingerprint density at radius 3 is 0.914 bits per heavy atom. The number of quaternary nitrogens is 1. The van der Waals surface area contributed by atoms with E-state index in [-0.39, 0.29) is 38.6 Å². The first-order valence-corrected chi connectivity index (χ1v) is 38.7. The lowest BCUT2D eigenvalue weighted by molar-refractivity contribution is -0.870. The van der Waals surface area contributed by atoms with E-state index in [2.05, 4.69) is 135 Å². The summed E-state index contributed by atoms with van der Waals surface area (Å²) in [6.07, 6.45) is 102. The molecule has 0 saturated carbocycles. The van der Waals surface area contributed by atoms with Gasteiger partial charge in [-0.3, -0.25) is 9.59 Å². The summed E-state index contributed by atoms with van der Waals surface area (Å²) in [5.41, 5.74) is 0. The van der Waals surface area contributed by atoms with Gasteiger partial charge in [-0.1, -0.05) is 354 Å². The van der Waals surface area contributed by atoms with E-state index in [0.29, 0.717) is 17.4 Å². The monoisotopic (exact) mass is 1300 g/mol. The summed E-state index contributed by atoms with van der Waals surface area (Å²) < 4.78 is 22.8. The zero-order valence-corrected chi connectivity index (χ0v) is 61.1. The summed E-state index contributed by atoms with van der Waals surface area (Å²) in [7, 11) is 5.93. The van der Waals surface area contributed by atoms with E-state index >= 15 is 0 Å². The van der Waals surface area contributed by atoms with Gasteiger partial charge in [0.1, 0.15) is 13.2 Å². The molecule has 0 aliphatic rings. The number of hydrogen-bond donors (Lipinski definition) is 0. The van der Waals surface area contributed by atoms with Gasteiger partial charge in [0.15, 0.2) is 12.4 Å². The highest BCUT2D eigenvalue weighted by molar-refractivity contribution is 5.70. The topological polar surface area (TPSA) is 111 Å². The van der Waals surface area contributed by atoms with E-state index in [0.717, 1.165) is 122 Å². The highest BCUT2D eigenvalue weighted by Crippen LogP contribution is 2.18. The highest BCUT2D eigenvalue weighted by atomic mass is 16.7. The second-order valence-electron chi connectivity index (χ2n) is 26.9. The molecule has 0 aromatic carbocycles. The number of allylic oxidation sites excluding steroid dienone is 20. The number of rotatable bonds is 71. The maximum Gasteiger partial charge on any atom is 0.306 e. The number of hydrogen-bond acceptors (Lipinski definition) is 8. The van der Waals surface area contributed by atoms with Crippen molar-refractivity contribution in [3.63, 3.8) is 0 Å². The number of nitrogens with zero attached hydrogens (tertiary/aromatic N) is 1. The summed E-state index contributed by atoms with van der Waals surface area (Å²) in [5.74, 6) is -2.30. The number of ether oxygens (including phenoxy) is 4. The predicted octanol–water partition coefficient (Wildman–Crippen LogP) is 23.4. The van der Waals surface area contributed by atoms with Crippen molar-refractivity contribution in [3.8, 4) is 0 Å². The number of likely N-dealkylation sites (N-methyl/N-ethyl adjacent to an activating group) is 1. The van der Waals surface area contributed by atoms with E-state index in [1.165, 1.54) is 180 Å². The van der Waals surface area contributed by atoms with Gasteiger partial charge in [-0.2, -0.15) is 0 Å². The molecular weight excluding hydrogens is 1150 g/mol. The van der Waals surface area contributed by atoms with Crippen LogP contribution < -0.4 is 5.11 Å².